The van der Waals surface area contributed by atoms with Gasteiger partial charge in [0, 0.05) is 16.3 Å². The molecule has 0 bridgehead atoms. The summed E-state index contributed by atoms with van der Waals surface area (Å²) in [7, 11) is -3.32. The lowest BCUT2D eigenvalue weighted by molar-refractivity contribution is 0.104. The van der Waals surface area contributed by atoms with E-state index >= 15 is 0 Å². The van der Waals surface area contributed by atoms with Crippen LogP contribution in [-0.2, 0) is 10.0 Å². The van der Waals surface area contributed by atoms with Gasteiger partial charge in [0.25, 0.3) is 0 Å². The van der Waals surface area contributed by atoms with Gasteiger partial charge in [-0.1, -0.05) is 29.8 Å². The van der Waals surface area contributed by atoms with Crippen molar-refractivity contribution in [3.8, 4) is 0 Å². The zero-order valence-corrected chi connectivity index (χ0v) is 14.1. The molecule has 0 saturated heterocycles. The van der Waals surface area contributed by atoms with E-state index in [0.29, 0.717) is 16.3 Å². The molecule has 2 aromatic rings. The predicted octanol–water partition coefficient (Wildman–Crippen LogP) is 4.00. The number of hydrogen-bond donors (Lipinski definition) is 1. The van der Waals surface area contributed by atoms with Crippen LogP contribution < -0.4 is 4.72 Å². The van der Waals surface area contributed by atoms with Gasteiger partial charge < -0.3 is 0 Å². The zero-order chi connectivity index (χ0) is 16.9. The van der Waals surface area contributed by atoms with Crippen LogP contribution in [0.15, 0.2) is 54.6 Å². The molecule has 0 saturated carbocycles. The molecule has 120 valence electrons. The van der Waals surface area contributed by atoms with Crippen LogP contribution in [0.1, 0.15) is 22.8 Å². The van der Waals surface area contributed by atoms with Gasteiger partial charge in [0.05, 0.1) is 5.75 Å². The van der Waals surface area contributed by atoms with Crippen LogP contribution in [-0.4, -0.2) is 20.0 Å². The van der Waals surface area contributed by atoms with Crippen molar-refractivity contribution in [2.75, 3.05) is 10.5 Å². The fourth-order valence-electron chi connectivity index (χ4n) is 1.80. The molecule has 0 fully saturated rings. The summed E-state index contributed by atoms with van der Waals surface area (Å²) in [5, 5.41) is 0.638. The second kappa shape index (κ2) is 7.44. The second-order valence-corrected chi connectivity index (χ2v) is 7.28. The Bertz CT molecular complexity index is 810. The monoisotopic (exact) mass is 349 g/mol. The maximum absolute atomic E-state index is 12.1. The zero-order valence-electron chi connectivity index (χ0n) is 12.5. The van der Waals surface area contributed by atoms with E-state index in [-0.39, 0.29) is 11.5 Å². The third-order valence-electron chi connectivity index (χ3n) is 3.12. The van der Waals surface area contributed by atoms with E-state index in [4.69, 9.17) is 11.6 Å². The molecule has 0 aliphatic heterocycles. The highest BCUT2D eigenvalue weighted by atomic mass is 35.5. The largest absolute Gasteiger partial charge is 0.289 e. The van der Waals surface area contributed by atoms with Gasteiger partial charge in [-0.3, -0.25) is 9.52 Å². The number of halogens is 1. The first-order valence-corrected chi connectivity index (χ1v) is 9.01. The minimum atomic E-state index is -3.32. The molecule has 4 nitrogen and oxygen atoms in total. The number of hydrogen-bond acceptors (Lipinski definition) is 3. The van der Waals surface area contributed by atoms with Crippen LogP contribution in [0.25, 0.3) is 6.08 Å². The Morgan fingerprint density at radius 1 is 1.09 bits per heavy atom. The van der Waals surface area contributed by atoms with Gasteiger partial charge in [-0.25, -0.2) is 8.42 Å². The summed E-state index contributed by atoms with van der Waals surface area (Å²) < 4.78 is 25.4. The van der Waals surface area contributed by atoms with Crippen molar-refractivity contribution in [1.29, 1.82) is 0 Å². The molecule has 0 atom stereocenters. The summed E-state index contributed by atoms with van der Waals surface area (Å²) in [6.45, 7) is 1.56. The quantitative estimate of drug-likeness (QED) is 0.633. The summed E-state index contributed by atoms with van der Waals surface area (Å²) in [4.78, 5) is 12.1. The van der Waals surface area contributed by atoms with E-state index in [1.165, 1.54) is 6.08 Å². The molecule has 1 N–H and O–H groups in total. The van der Waals surface area contributed by atoms with E-state index in [9.17, 15) is 13.2 Å². The van der Waals surface area contributed by atoms with Crippen LogP contribution >= 0.6 is 11.6 Å². The molecule has 0 aliphatic carbocycles. The van der Waals surface area contributed by atoms with Crippen LogP contribution in [0.3, 0.4) is 0 Å². The second-order valence-electron chi connectivity index (χ2n) is 4.83. The molecular weight excluding hydrogens is 334 g/mol. The van der Waals surface area contributed by atoms with E-state index in [1.54, 1.807) is 49.4 Å². The predicted molar refractivity (Wildman–Crippen MR) is 94.3 cm³/mol. The van der Waals surface area contributed by atoms with E-state index in [0.717, 1.165) is 5.56 Å². The Morgan fingerprint density at radius 2 is 1.70 bits per heavy atom. The summed E-state index contributed by atoms with van der Waals surface area (Å²) >= 11 is 5.80. The van der Waals surface area contributed by atoms with E-state index < -0.39 is 10.0 Å². The fourth-order valence-corrected chi connectivity index (χ4v) is 2.56. The molecule has 0 heterocycles. The number of carbonyl (C=O) groups is 1. The molecule has 0 spiro atoms. The van der Waals surface area contributed by atoms with Crippen LogP contribution in [0.4, 0.5) is 5.69 Å². The highest BCUT2D eigenvalue weighted by molar-refractivity contribution is 7.92. The average Bonchev–Trinajstić information content (AvgIpc) is 2.54. The Labute approximate surface area is 140 Å². The van der Waals surface area contributed by atoms with Crippen molar-refractivity contribution < 1.29 is 13.2 Å². The Morgan fingerprint density at radius 3 is 2.26 bits per heavy atom. The number of anilines is 1. The fraction of sp³-hybridized carbons (Fsp3) is 0.118. The Kier molecular flexibility index (Phi) is 5.58. The molecule has 2 aromatic carbocycles. The lowest BCUT2D eigenvalue weighted by Crippen LogP contribution is -2.14. The first-order valence-electron chi connectivity index (χ1n) is 6.98. The molecule has 0 amide bonds. The topological polar surface area (TPSA) is 63.2 Å². The van der Waals surface area contributed by atoms with Crippen molar-refractivity contribution in [3.05, 3.63) is 70.8 Å². The third kappa shape index (κ3) is 5.23. The van der Waals surface area contributed by atoms with Gasteiger partial charge in [0.1, 0.15) is 0 Å². The minimum absolute atomic E-state index is 0.00247. The first kappa shape index (κ1) is 17.2. The Balaban J connectivity index is 2.07. The van der Waals surface area contributed by atoms with E-state index in [1.807, 2.05) is 12.1 Å². The lowest BCUT2D eigenvalue weighted by Gasteiger charge is -2.06. The number of allylic oxidation sites excluding steroid dienone is 1. The van der Waals surface area contributed by atoms with Gasteiger partial charge in [-0.05, 0) is 55.0 Å². The van der Waals surface area contributed by atoms with Gasteiger partial charge in [0.15, 0.2) is 5.78 Å². The summed E-state index contributed by atoms with van der Waals surface area (Å²) in [6, 6.07) is 13.4. The van der Waals surface area contributed by atoms with Crippen molar-refractivity contribution in [1.82, 2.24) is 0 Å². The SMILES string of the molecule is CCS(=O)(=O)Nc1ccc(C(=O)/C=C/c2ccc(Cl)cc2)cc1. The van der Waals surface area contributed by atoms with Gasteiger partial charge in [0.2, 0.25) is 10.0 Å². The number of carbonyl (C=O) groups excluding carboxylic acids is 1. The molecule has 6 heteroatoms. The highest BCUT2D eigenvalue weighted by Gasteiger charge is 2.07. The van der Waals surface area contributed by atoms with Crippen molar-refractivity contribution in [2.45, 2.75) is 6.92 Å². The number of nitrogens with one attached hydrogen (secondary N) is 1. The average molecular weight is 350 g/mol. The van der Waals surface area contributed by atoms with Gasteiger partial charge in [-0.15, -0.1) is 0 Å². The molecule has 23 heavy (non-hydrogen) atoms. The van der Waals surface area contributed by atoms with Crippen molar-refractivity contribution in [3.63, 3.8) is 0 Å². The van der Waals surface area contributed by atoms with Crippen molar-refractivity contribution >= 4 is 39.2 Å². The third-order valence-corrected chi connectivity index (χ3v) is 4.68. The summed E-state index contributed by atoms with van der Waals surface area (Å²) in [5.74, 6) is -0.165. The summed E-state index contributed by atoms with van der Waals surface area (Å²) in [5.41, 5.74) is 1.79. The number of benzene rings is 2. The number of sulfonamides is 1. The maximum atomic E-state index is 12.1. The molecule has 0 unspecified atom stereocenters. The first-order chi connectivity index (χ1) is 10.9. The molecule has 0 aliphatic rings. The van der Waals surface area contributed by atoms with Crippen LogP contribution in [0.5, 0.6) is 0 Å². The number of ketones is 1. The molecule has 0 radical (unpaired) electrons. The van der Waals surface area contributed by atoms with Crippen molar-refractivity contribution in [2.24, 2.45) is 0 Å². The minimum Gasteiger partial charge on any atom is -0.289 e. The maximum Gasteiger partial charge on any atom is 0.232 e. The summed E-state index contributed by atoms with van der Waals surface area (Å²) in [6.07, 6.45) is 3.17. The van der Waals surface area contributed by atoms with Gasteiger partial charge >= 0.3 is 0 Å². The normalized spacial score (nSPS) is 11.6. The van der Waals surface area contributed by atoms with Gasteiger partial charge in [-0.2, -0.15) is 0 Å². The van der Waals surface area contributed by atoms with E-state index in [2.05, 4.69) is 4.72 Å². The Hall–Kier alpha value is -2.11. The highest BCUT2D eigenvalue weighted by Crippen LogP contribution is 2.14. The lowest BCUT2D eigenvalue weighted by atomic mass is 10.1. The van der Waals surface area contributed by atoms with Crippen LogP contribution in [0, 0.1) is 0 Å². The van der Waals surface area contributed by atoms with Crippen LogP contribution in [0.2, 0.25) is 5.02 Å². The molecule has 2 rings (SSSR count). The molecular formula is C17H16ClNO3S. The smallest absolute Gasteiger partial charge is 0.232 e. The number of rotatable bonds is 6. The molecule has 0 aromatic heterocycles. The standard InChI is InChI=1S/C17H16ClNO3S/c1-2-23(21,22)19-16-10-6-14(7-11-16)17(20)12-5-13-3-8-15(18)9-4-13/h3-12,19H,2H2,1H3/b12-5+.